The highest BCUT2D eigenvalue weighted by Gasteiger charge is 2.30. The molecule has 0 unspecified atom stereocenters. The van der Waals surface area contributed by atoms with Crippen molar-refractivity contribution in [3.63, 3.8) is 0 Å². The number of nitrogens with zero attached hydrogens (tertiary/aromatic N) is 2. The van der Waals surface area contributed by atoms with Gasteiger partial charge in [-0.05, 0) is 24.6 Å². The number of thiazole rings is 1. The minimum Gasteiger partial charge on any atom is -0.406 e. The van der Waals surface area contributed by atoms with Crippen molar-refractivity contribution in [2.24, 2.45) is 0 Å². The van der Waals surface area contributed by atoms with Crippen LogP contribution in [0.1, 0.15) is 11.3 Å². The van der Waals surface area contributed by atoms with E-state index in [0.717, 1.165) is 22.0 Å². The van der Waals surface area contributed by atoms with E-state index >= 15 is 0 Å². The van der Waals surface area contributed by atoms with Gasteiger partial charge in [0.25, 0.3) is 0 Å². The number of aryl methyl sites for hydroxylation is 1. The number of ether oxygens (including phenoxy) is 1. The highest BCUT2D eigenvalue weighted by atomic mass is 32.2. The second-order valence-corrected chi connectivity index (χ2v) is 7.00. The number of amides is 1. The fourth-order valence-electron chi connectivity index (χ4n) is 1.83. The lowest BCUT2D eigenvalue weighted by Gasteiger charge is -2.09. The molecule has 0 atom stereocenters. The molecule has 132 valence electrons. The molecule has 0 aliphatic carbocycles. The average Bonchev–Trinajstić information content (AvgIpc) is 2.85. The van der Waals surface area contributed by atoms with Gasteiger partial charge in [0, 0.05) is 0 Å². The zero-order valence-electron chi connectivity index (χ0n) is 12.9. The van der Waals surface area contributed by atoms with Crippen molar-refractivity contribution < 1.29 is 22.7 Å². The predicted octanol–water partition coefficient (Wildman–Crippen LogP) is 4.15. The molecule has 1 heterocycles. The number of carbonyl (C=O) groups is 1. The van der Waals surface area contributed by atoms with E-state index in [1.807, 2.05) is 6.07 Å². The summed E-state index contributed by atoms with van der Waals surface area (Å²) in [4.78, 5) is 16.2. The predicted molar refractivity (Wildman–Crippen MR) is 88.6 cm³/mol. The zero-order valence-corrected chi connectivity index (χ0v) is 14.5. The number of halogens is 3. The Bertz CT molecular complexity index is 783. The standard InChI is InChI=1S/C15H12F3N3O2S2/c1-9-13(24-7-6-19)25-14(20-9)21-12(22)8-10-2-4-11(5-3-10)23-15(16,17)18/h2-5H,7-8H2,1H3,(H,20,21,22). The normalized spacial score (nSPS) is 11.0. The molecular weight excluding hydrogens is 375 g/mol. The molecule has 2 rings (SSSR count). The van der Waals surface area contributed by atoms with E-state index in [1.165, 1.54) is 35.2 Å². The zero-order chi connectivity index (χ0) is 18.4. The first-order chi connectivity index (χ1) is 11.8. The van der Waals surface area contributed by atoms with Crippen molar-refractivity contribution in [1.29, 1.82) is 5.26 Å². The number of nitriles is 1. The van der Waals surface area contributed by atoms with Crippen LogP contribution in [0.25, 0.3) is 0 Å². The van der Waals surface area contributed by atoms with E-state index < -0.39 is 6.36 Å². The summed E-state index contributed by atoms with van der Waals surface area (Å²) >= 11 is 2.61. The van der Waals surface area contributed by atoms with Crippen LogP contribution in [0.3, 0.4) is 0 Å². The Kier molecular flexibility index (Phi) is 6.27. The van der Waals surface area contributed by atoms with Crippen LogP contribution < -0.4 is 10.1 Å². The largest absolute Gasteiger partial charge is 0.573 e. The maximum atomic E-state index is 12.1. The Hall–Kier alpha value is -2.25. The lowest BCUT2D eigenvalue weighted by atomic mass is 10.1. The van der Waals surface area contributed by atoms with Gasteiger partial charge in [0.1, 0.15) is 5.75 Å². The molecule has 0 saturated carbocycles. The van der Waals surface area contributed by atoms with E-state index in [-0.39, 0.29) is 18.1 Å². The Morgan fingerprint density at radius 3 is 2.68 bits per heavy atom. The second-order valence-electron chi connectivity index (χ2n) is 4.76. The first kappa shape index (κ1) is 19.1. The van der Waals surface area contributed by atoms with Crippen LogP contribution in [0.4, 0.5) is 18.3 Å². The SMILES string of the molecule is Cc1nc(NC(=O)Cc2ccc(OC(F)(F)F)cc2)sc1SCC#N. The van der Waals surface area contributed by atoms with Gasteiger partial charge in [-0.1, -0.05) is 35.2 Å². The number of nitrogens with one attached hydrogen (secondary N) is 1. The molecule has 0 saturated heterocycles. The van der Waals surface area contributed by atoms with Gasteiger partial charge >= 0.3 is 6.36 Å². The Morgan fingerprint density at radius 2 is 2.08 bits per heavy atom. The van der Waals surface area contributed by atoms with Crippen molar-refractivity contribution >= 4 is 34.1 Å². The lowest BCUT2D eigenvalue weighted by Crippen LogP contribution is -2.17. The van der Waals surface area contributed by atoms with Crippen LogP contribution in [0.15, 0.2) is 28.5 Å². The molecule has 10 heteroatoms. The Labute approximate surface area is 149 Å². The summed E-state index contributed by atoms with van der Waals surface area (Å²) in [5, 5.41) is 11.6. The van der Waals surface area contributed by atoms with E-state index in [9.17, 15) is 18.0 Å². The maximum absolute atomic E-state index is 12.1. The molecule has 1 amide bonds. The van der Waals surface area contributed by atoms with E-state index in [0.29, 0.717) is 16.4 Å². The average molecular weight is 387 g/mol. The highest BCUT2D eigenvalue weighted by molar-refractivity contribution is 8.01. The summed E-state index contributed by atoms with van der Waals surface area (Å²) < 4.78 is 40.9. The second kappa shape index (κ2) is 8.22. The van der Waals surface area contributed by atoms with Crippen molar-refractivity contribution in [2.45, 2.75) is 23.9 Å². The molecule has 0 aliphatic heterocycles. The highest BCUT2D eigenvalue weighted by Crippen LogP contribution is 2.31. The van der Waals surface area contributed by atoms with Crippen LogP contribution in [-0.2, 0) is 11.2 Å². The summed E-state index contributed by atoms with van der Waals surface area (Å²) in [5.41, 5.74) is 1.27. The summed E-state index contributed by atoms with van der Waals surface area (Å²) in [5.74, 6) is -0.385. The Morgan fingerprint density at radius 1 is 1.40 bits per heavy atom. The molecule has 1 aromatic carbocycles. The van der Waals surface area contributed by atoms with E-state index in [1.54, 1.807) is 6.92 Å². The number of thioether (sulfide) groups is 1. The minimum atomic E-state index is -4.75. The molecule has 0 bridgehead atoms. The molecule has 2 aromatic rings. The molecule has 0 spiro atoms. The number of alkyl halides is 3. The third kappa shape index (κ3) is 6.28. The first-order valence-corrected chi connectivity index (χ1v) is 8.69. The van der Waals surface area contributed by atoms with E-state index in [4.69, 9.17) is 5.26 Å². The van der Waals surface area contributed by atoms with Gasteiger partial charge in [-0.3, -0.25) is 4.79 Å². The number of benzene rings is 1. The summed E-state index contributed by atoms with van der Waals surface area (Å²) in [6.07, 6.45) is -4.76. The summed E-state index contributed by atoms with van der Waals surface area (Å²) in [6, 6.07) is 7.11. The molecular formula is C15H12F3N3O2S2. The number of anilines is 1. The topological polar surface area (TPSA) is 75.0 Å². The van der Waals surface area contributed by atoms with Crippen LogP contribution >= 0.6 is 23.1 Å². The first-order valence-electron chi connectivity index (χ1n) is 6.88. The number of carbonyl (C=O) groups excluding carboxylic acids is 1. The van der Waals surface area contributed by atoms with Crippen molar-refractivity contribution in [3.8, 4) is 11.8 Å². The van der Waals surface area contributed by atoms with Gasteiger partial charge in [-0.25, -0.2) is 4.98 Å². The van der Waals surface area contributed by atoms with Crippen LogP contribution in [0.2, 0.25) is 0 Å². The third-order valence-corrected chi connectivity index (χ3v) is 5.09. The van der Waals surface area contributed by atoms with Crippen LogP contribution in [0.5, 0.6) is 5.75 Å². The van der Waals surface area contributed by atoms with Gasteiger partial charge in [-0.2, -0.15) is 5.26 Å². The minimum absolute atomic E-state index is 0.00834. The summed E-state index contributed by atoms with van der Waals surface area (Å²) in [7, 11) is 0. The molecule has 1 aromatic heterocycles. The fraction of sp³-hybridized carbons (Fsp3) is 0.267. The van der Waals surface area contributed by atoms with Crippen LogP contribution in [0, 0.1) is 18.3 Å². The third-order valence-electron chi connectivity index (χ3n) is 2.79. The van der Waals surface area contributed by atoms with Crippen LogP contribution in [-0.4, -0.2) is 23.0 Å². The molecule has 1 N–H and O–H groups in total. The number of hydrogen-bond donors (Lipinski definition) is 1. The fourth-order valence-corrected chi connectivity index (χ4v) is 3.64. The lowest BCUT2D eigenvalue weighted by molar-refractivity contribution is -0.274. The number of hydrogen-bond acceptors (Lipinski definition) is 6. The number of aromatic nitrogens is 1. The molecule has 5 nitrogen and oxygen atoms in total. The smallest absolute Gasteiger partial charge is 0.406 e. The van der Waals surface area contributed by atoms with Crippen molar-refractivity contribution in [2.75, 3.05) is 11.1 Å². The van der Waals surface area contributed by atoms with Gasteiger partial charge in [0.15, 0.2) is 5.13 Å². The van der Waals surface area contributed by atoms with Gasteiger partial charge in [0.05, 0.1) is 28.1 Å². The van der Waals surface area contributed by atoms with E-state index in [2.05, 4.69) is 15.0 Å². The number of rotatable bonds is 6. The Balaban J connectivity index is 1.93. The van der Waals surface area contributed by atoms with Gasteiger partial charge in [-0.15, -0.1) is 13.2 Å². The molecule has 25 heavy (non-hydrogen) atoms. The monoisotopic (exact) mass is 387 g/mol. The summed E-state index contributed by atoms with van der Waals surface area (Å²) in [6.45, 7) is 1.78. The molecule has 0 aliphatic rings. The maximum Gasteiger partial charge on any atom is 0.573 e. The quantitative estimate of drug-likeness (QED) is 0.754. The molecule has 0 radical (unpaired) electrons. The van der Waals surface area contributed by atoms with Crippen molar-refractivity contribution in [3.05, 3.63) is 35.5 Å². The van der Waals surface area contributed by atoms with Crippen molar-refractivity contribution in [1.82, 2.24) is 4.98 Å². The van der Waals surface area contributed by atoms with Gasteiger partial charge in [0.2, 0.25) is 5.91 Å². The van der Waals surface area contributed by atoms with Gasteiger partial charge < -0.3 is 10.1 Å². The molecule has 0 fully saturated rings.